The smallest absolute Gasteiger partial charge is 0.254 e. The second-order valence-corrected chi connectivity index (χ2v) is 7.60. The van der Waals surface area contributed by atoms with E-state index in [0.717, 1.165) is 13.1 Å². The van der Waals surface area contributed by atoms with E-state index in [1.807, 2.05) is 25.7 Å². The maximum Gasteiger partial charge on any atom is 0.254 e. The predicted octanol–water partition coefficient (Wildman–Crippen LogP) is 4.46. The van der Waals surface area contributed by atoms with E-state index in [4.69, 9.17) is 14.2 Å². The topological polar surface area (TPSA) is 51.2 Å². The quantitative estimate of drug-likeness (QED) is 0.624. The first-order valence-electron chi connectivity index (χ1n) is 11.2. The molecule has 0 atom stereocenters. The molecule has 2 aromatic rings. The van der Waals surface area contributed by atoms with Crippen LogP contribution in [-0.2, 0) is 0 Å². The van der Waals surface area contributed by atoms with Crippen LogP contribution in [-0.4, -0.2) is 56.8 Å². The van der Waals surface area contributed by atoms with Gasteiger partial charge in [0.1, 0.15) is 0 Å². The van der Waals surface area contributed by atoms with Crippen LogP contribution in [0.5, 0.6) is 17.2 Å². The molecule has 31 heavy (non-hydrogen) atoms. The zero-order valence-electron chi connectivity index (χ0n) is 19.4. The minimum absolute atomic E-state index is 0.00873. The van der Waals surface area contributed by atoms with Gasteiger partial charge in [-0.05, 0) is 63.9 Å². The summed E-state index contributed by atoms with van der Waals surface area (Å²) >= 11 is 0. The molecule has 168 valence electrons. The highest BCUT2D eigenvalue weighted by molar-refractivity contribution is 5.96. The third-order valence-corrected chi connectivity index (χ3v) is 5.64. The Hall–Kier alpha value is -2.89. The van der Waals surface area contributed by atoms with Gasteiger partial charge in [-0.3, -0.25) is 4.79 Å². The Morgan fingerprint density at radius 3 is 2.00 bits per heavy atom. The van der Waals surface area contributed by atoms with Gasteiger partial charge in [0.05, 0.1) is 19.8 Å². The summed E-state index contributed by atoms with van der Waals surface area (Å²) in [5.41, 5.74) is 4.41. The van der Waals surface area contributed by atoms with E-state index < -0.39 is 0 Å². The van der Waals surface area contributed by atoms with Crippen LogP contribution in [0.3, 0.4) is 0 Å². The standard InChI is InChI=1S/C25H34N2O4/c1-6-29-22-16-20(17-23(30-7-2)24(22)31-8-3)25(28)27-14-12-26(13-15-27)21-11-9-10-18(4)19(21)5/h9-11,16-17H,6-8,12-15H2,1-5H3. The number of nitrogens with zero attached hydrogens (tertiary/aromatic N) is 2. The Balaban J connectivity index is 1.79. The summed E-state index contributed by atoms with van der Waals surface area (Å²) in [7, 11) is 0. The molecule has 0 unspecified atom stereocenters. The van der Waals surface area contributed by atoms with Crippen molar-refractivity contribution in [1.82, 2.24) is 4.90 Å². The van der Waals surface area contributed by atoms with Crippen molar-refractivity contribution in [2.75, 3.05) is 50.9 Å². The van der Waals surface area contributed by atoms with Crippen LogP contribution in [0.1, 0.15) is 42.3 Å². The molecule has 1 aliphatic heterocycles. The van der Waals surface area contributed by atoms with E-state index >= 15 is 0 Å². The average Bonchev–Trinajstić information content (AvgIpc) is 2.77. The van der Waals surface area contributed by atoms with Crippen molar-refractivity contribution in [3.8, 4) is 17.2 Å². The molecule has 0 N–H and O–H groups in total. The van der Waals surface area contributed by atoms with Crippen molar-refractivity contribution in [3.63, 3.8) is 0 Å². The number of carbonyl (C=O) groups is 1. The summed E-state index contributed by atoms with van der Waals surface area (Å²) < 4.78 is 17.3. The summed E-state index contributed by atoms with van der Waals surface area (Å²) in [6, 6.07) is 9.94. The number of carbonyl (C=O) groups excluding carboxylic acids is 1. The van der Waals surface area contributed by atoms with Crippen LogP contribution in [0.2, 0.25) is 0 Å². The molecule has 0 bridgehead atoms. The van der Waals surface area contributed by atoms with Crippen LogP contribution in [0.4, 0.5) is 5.69 Å². The van der Waals surface area contributed by atoms with Crippen LogP contribution < -0.4 is 19.1 Å². The number of amides is 1. The molecule has 2 aromatic carbocycles. The second kappa shape index (κ2) is 10.4. The maximum atomic E-state index is 13.3. The lowest BCUT2D eigenvalue weighted by Gasteiger charge is -2.37. The minimum Gasteiger partial charge on any atom is -0.490 e. The lowest BCUT2D eigenvalue weighted by atomic mass is 10.1. The van der Waals surface area contributed by atoms with Gasteiger partial charge in [0.2, 0.25) is 5.75 Å². The molecule has 6 heteroatoms. The maximum absolute atomic E-state index is 13.3. The number of hydrogen-bond acceptors (Lipinski definition) is 5. The fraction of sp³-hybridized carbons (Fsp3) is 0.480. The molecule has 0 spiro atoms. The first kappa shape index (κ1) is 22.8. The fourth-order valence-electron chi connectivity index (χ4n) is 3.92. The largest absolute Gasteiger partial charge is 0.490 e. The molecular weight excluding hydrogens is 392 g/mol. The molecule has 6 nitrogen and oxygen atoms in total. The molecule has 0 aromatic heterocycles. The van der Waals surface area contributed by atoms with Crippen LogP contribution in [0.25, 0.3) is 0 Å². The fourth-order valence-corrected chi connectivity index (χ4v) is 3.92. The van der Waals surface area contributed by atoms with Gasteiger partial charge in [-0.15, -0.1) is 0 Å². The Kier molecular flexibility index (Phi) is 7.66. The highest BCUT2D eigenvalue weighted by atomic mass is 16.5. The van der Waals surface area contributed by atoms with Crippen LogP contribution >= 0.6 is 0 Å². The third kappa shape index (κ3) is 5.06. The summed E-state index contributed by atoms with van der Waals surface area (Å²) in [4.78, 5) is 17.6. The van der Waals surface area contributed by atoms with Gasteiger partial charge in [-0.25, -0.2) is 0 Å². The van der Waals surface area contributed by atoms with Crippen molar-refractivity contribution in [3.05, 3.63) is 47.0 Å². The molecule has 1 heterocycles. The first-order chi connectivity index (χ1) is 15.0. The van der Waals surface area contributed by atoms with Crippen LogP contribution in [0, 0.1) is 13.8 Å². The Bertz CT molecular complexity index is 877. The Morgan fingerprint density at radius 1 is 0.871 bits per heavy atom. The van der Waals surface area contributed by atoms with Gasteiger partial charge in [0.15, 0.2) is 11.5 Å². The summed E-state index contributed by atoms with van der Waals surface area (Å²) in [6.07, 6.45) is 0. The zero-order chi connectivity index (χ0) is 22.4. The average molecular weight is 427 g/mol. The number of hydrogen-bond donors (Lipinski definition) is 0. The van der Waals surface area contributed by atoms with E-state index in [1.54, 1.807) is 12.1 Å². The van der Waals surface area contributed by atoms with Gasteiger partial charge < -0.3 is 24.0 Å². The number of anilines is 1. The number of aryl methyl sites for hydroxylation is 1. The van der Waals surface area contributed by atoms with Crippen LogP contribution in [0.15, 0.2) is 30.3 Å². The van der Waals surface area contributed by atoms with E-state index in [1.165, 1.54) is 16.8 Å². The molecule has 1 amide bonds. The Morgan fingerprint density at radius 2 is 1.45 bits per heavy atom. The van der Waals surface area contributed by atoms with E-state index in [-0.39, 0.29) is 5.91 Å². The number of rotatable bonds is 8. The van der Waals surface area contributed by atoms with E-state index in [2.05, 4.69) is 36.9 Å². The Labute approximate surface area is 185 Å². The SMILES string of the molecule is CCOc1cc(C(=O)N2CCN(c3cccc(C)c3C)CC2)cc(OCC)c1OCC. The highest BCUT2D eigenvalue weighted by Crippen LogP contribution is 2.39. The second-order valence-electron chi connectivity index (χ2n) is 7.60. The van der Waals surface area contributed by atoms with Gasteiger partial charge in [-0.1, -0.05) is 12.1 Å². The molecule has 0 saturated carbocycles. The van der Waals surface area contributed by atoms with Gasteiger partial charge in [0.25, 0.3) is 5.91 Å². The summed E-state index contributed by atoms with van der Waals surface area (Å²) in [5, 5.41) is 0. The number of benzene rings is 2. The van der Waals surface area contributed by atoms with E-state index in [9.17, 15) is 4.79 Å². The van der Waals surface area contributed by atoms with Crippen molar-refractivity contribution in [2.24, 2.45) is 0 Å². The normalized spacial score (nSPS) is 13.8. The third-order valence-electron chi connectivity index (χ3n) is 5.64. The lowest BCUT2D eigenvalue weighted by molar-refractivity contribution is 0.0745. The monoisotopic (exact) mass is 426 g/mol. The number of ether oxygens (including phenoxy) is 3. The minimum atomic E-state index is -0.00873. The molecule has 1 fully saturated rings. The van der Waals surface area contributed by atoms with Crippen molar-refractivity contribution in [1.29, 1.82) is 0 Å². The molecule has 0 radical (unpaired) electrons. The molecule has 0 aliphatic carbocycles. The van der Waals surface area contributed by atoms with Crippen molar-refractivity contribution in [2.45, 2.75) is 34.6 Å². The number of piperazine rings is 1. The van der Waals surface area contributed by atoms with Gasteiger partial charge >= 0.3 is 0 Å². The lowest BCUT2D eigenvalue weighted by Crippen LogP contribution is -2.49. The van der Waals surface area contributed by atoms with Crippen molar-refractivity contribution < 1.29 is 19.0 Å². The summed E-state index contributed by atoms with van der Waals surface area (Å²) in [6.45, 7) is 14.5. The molecular formula is C25H34N2O4. The molecule has 3 rings (SSSR count). The predicted molar refractivity (Wildman–Crippen MR) is 124 cm³/mol. The highest BCUT2D eigenvalue weighted by Gasteiger charge is 2.26. The van der Waals surface area contributed by atoms with Gasteiger partial charge in [0, 0.05) is 37.4 Å². The molecule has 1 saturated heterocycles. The van der Waals surface area contributed by atoms with Crippen molar-refractivity contribution >= 4 is 11.6 Å². The van der Waals surface area contributed by atoms with E-state index in [0.29, 0.717) is 55.7 Å². The molecule has 1 aliphatic rings. The zero-order valence-corrected chi connectivity index (χ0v) is 19.4. The first-order valence-corrected chi connectivity index (χ1v) is 11.2. The van der Waals surface area contributed by atoms with Gasteiger partial charge in [-0.2, -0.15) is 0 Å². The summed E-state index contributed by atoms with van der Waals surface area (Å²) in [5.74, 6) is 1.65.